The Kier molecular flexibility index (Phi) is 2.95. The van der Waals surface area contributed by atoms with Gasteiger partial charge in [0, 0.05) is 19.4 Å². The molecule has 0 aromatic heterocycles. The quantitative estimate of drug-likeness (QED) is 0.713. The molecule has 1 nitrogen and oxygen atoms in total. The lowest BCUT2D eigenvalue weighted by molar-refractivity contribution is -0.0662. The highest BCUT2D eigenvalue weighted by Gasteiger charge is 2.40. The van der Waals surface area contributed by atoms with Gasteiger partial charge in [-0.25, -0.2) is 8.78 Å². The number of alkyl halides is 2. The first-order chi connectivity index (χ1) is 5.87. The summed E-state index contributed by atoms with van der Waals surface area (Å²) in [5.41, 5.74) is -0.198. The summed E-state index contributed by atoms with van der Waals surface area (Å²) < 4.78 is 25.6. The minimum absolute atomic E-state index is 0.0128. The van der Waals surface area contributed by atoms with E-state index in [1.165, 1.54) is 0 Å². The lowest BCUT2D eigenvalue weighted by Gasteiger charge is -2.37. The van der Waals surface area contributed by atoms with E-state index < -0.39 is 5.92 Å². The van der Waals surface area contributed by atoms with Crippen LogP contribution in [0.2, 0.25) is 0 Å². The fraction of sp³-hybridized carbons (Fsp3) is 1.00. The Bertz CT molecular complexity index is 168. The Balaban J connectivity index is 2.50. The molecule has 0 bridgehead atoms. The second-order valence-corrected chi connectivity index (χ2v) is 4.78. The Morgan fingerprint density at radius 1 is 1.31 bits per heavy atom. The van der Waals surface area contributed by atoms with Crippen molar-refractivity contribution in [1.29, 1.82) is 0 Å². The first-order valence-electron chi connectivity index (χ1n) is 4.86. The fourth-order valence-electron chi connectivity index (χ4n) is 1.95. The van der Waals surface area contributed by atoms with E-state index in [1.807, 2.05) is 13.8 Å². The number of halogens is 2. The lowest BCUT2D eigenvalue weighted by atomic mass is 9.71. The van der Waals surface area contributed by atoms with Gasteiger partial charge in [-0.05, 0) is 24.2 Å². The van der Waals surface area contributed by atoms with E-state index in [4.69, 9.17) is 5.11 Å². The van der Waals surface area contributed by atoms with Gasteiger partial charge >= 0.3 is 0 Å². The van der Waals surface area contributed by atoms with Gasteiger partial charge in [-0.1, -0.05) is 13.8 Å². The molecule has 1 saturated carbocycles. The topological polar surface area (TPSA) is 20.2 Å². The highest BCUT2D eigenvalue weighted by molar-refractivity contribution is 4.85. The van der Waals surface area contributed by atoms with Crippen LogP contribution in [0.5, 0.6) is 0 Å². The molecule has 0 atom stereocenters. The standard InChI is InChI=1S/C10H18F2O/c1-9(2,7-13)8-3-5-10(11,12)6-4-8/h8,13H,3-7H2,1-2H3. The second kappa shape index (κ2) is 3.52. The van der Waals surface area contributed by atoms with Crippen molar-refractivity contribution in [3.63, 3.8) is 0 Å². The van der Waals surface area contributed by atoms with Crippen molar-refractivity contribution in [1.82, 2.24) is 0 Å². The zero-order valence-corrected chi connectivity index (χ0v) is 8.32. The maximum atomic E-state index is 12.8. The molecule has 0 amide bonds. The molecule has 1 N–H and O–H groups in total. The summed E-state index contributed by atoms with van der Waals surface area (Å²) in [4.78, 5) is 0. The second-order valence-electron chi connectivity index (χ2n) is 4.78. The van der Waals surface area contributed by atoms with Gasteiger partial charge in [0.05, 0.1) is 0 Å². The summed E-state index contributed by atoms with van der Waals surface area (Å²) in [6.07, 6.45) is 1.06. The molecule has 0 unspecified atom stereocenters. The number of aliphatic hydroxyl groups excluding tert-OH is 1. The summed E-state index contributed by atoms with van der Waals surface area (Å²) >= 11 is 0. The molecule has 3 heteroatoms. The molecule has 1 aliphatic carbocycles. The van der Waals surface area contributed by atoms with Crippen LogP contribution in [-0.4, -0.2) is 17.6 Å². The first kappa shape index (κ1) is 10.9. The predicted octanol–water partition coefficient (Wildman–Crippen LogP) is 2.83. The van der Waals surface area contributed by atoms with Gasteiger partial charge in [0.15, 0.2) is 0 Å². The molecule has 0 aliphatic heterocycles. The number of hydrogen-bond donors (Lipinski definition) is 1. The summed E-state index contributed by atoms with van der Waals surface area (Å²) in [6, 6.07) is 0. The fourth-order valence-corrected chi connectivity index (χ4v) is 1.95. The molecule has 0 saturated heterocycles. The molecule has 0 aromatic carbocycles. The molecule has 13 heavy (non-hydrogen) atoms. The Morgan fingerprint density at radius 3 is 2.15 bits per heavy atom. The third-order valence-corrected chi connectivity index (χ3v) is 3.23. The van der Waals surface area contributed by atoms with E-state index in [0.717, 1.165) is 0 Å². The average Bonchev–Trinajstić information content (AvgIpc) is 2.04. The molecular formula is C10H18F2O. The molecule has 0 spiro atoms. The van der Waals surface area contributed by atoms with Crippen molar-refractivity contribution < 1.29 is 13.9 Å². The molecule has 1 rings (SSSR count). The molecule has 78 valence electrons. The zero-order chi connectivity index (χ0) is 10.1. The van der Waals surface area contributed by atoms with Crippen LogP contribution in [0.3, 0.4) is 0 Å². The molecular weight excluding hydrogens is 174 g/mol. The lowest BCUT2D eigenvalue weighted by Crippen LogP contribution is -2.34. The number of aliphatic hydroxyl groups is 1. The highest BCUT2D eigenvalue weighted by Crippen LogP contribution is 2.43. The van der Waals surface area contributed by atoms with Crippen molar-refractivity contribution in [2.75, 3.05) is 6.61 Å². The number of rotatable bonds is 2. The van der Waals surface area contributed by atoms with E-state index in [-0.39, 0.29) is 30.8 Å². The number of hydrogen-bond acceptors (Lipinski definition) is 1. The Hall–Kier alpha value is -0.180. The smallest absolute Gasteiger partial charge is 0.248 e. The van der Waals surface area contributed by atoms with Gasteiger partial charge in [0.25, 0.3) is 0 Å². The maximum absolute atomic E-state index is 12.8. The van der Waals surface area contributed by atoms with Crippen molar-refractivity contribution >= 4 is 0 Å². The van der Waals surface area contributed by atoms with Crippen molar-refractivity contribution in [3.05, 3.63) is 0 Å². The van der Waals surface area contributed by atoms with Crippen LogP contribution in [-0.2, 0) is 0 Å². The summed E-state index contributed by atoms with van der Waals surface area (Å²) in [7, 11) is 0. The normalized spacial score (nSPS) is 24.7. The van der Waals surface area contributed by atoms with E-state index in [2.05, 4.69) is 0 Å². The molecule has 1 aliphatic rings. The Labute approximate surface area is 78.1 Å². The molecule has 0 radical (unpaired) electrons. The van der Waals surface area contributed by atoms with Crippen molar-refractivity contribution in [3.8, 4) is 0 Å². The third-order valence-electron chi connectivity index (χ3n) is 3.23. The monoisotopic (exact) mass is 192 g/mol. The minimum Gasteiger partial charge on any atom is -0.396 e. The van der Waals surface area contributed by atoms with E-state index in [1.54, 1.807) is 0 Å². The van der Waals surface area contributed by atoms with Crippen molar-refractivity contribution in [2.24, 2.45) is 11.3 Å². The van der Waals surface area contributed by atoms with Crippen LogP contribution >= 0.6 is 0 Å². The van der Waals surface area contributed by atoms with Crippen LogP contribution in [0.1, 0.15) is 39.5 Å². The molecule has 1 fully saturated rings. The Morgan fingerprint density at radius 2 is 1.77 bits per heavy atom. The minimum atomic E-state index is -2.46. The maximum Gasteiger partial charge on any atom is 0.248 e. The molecule has 0 aromatic rings. The summed E-state index contributed by atoms with van der Waals surface area (Å²) in [6.45, 7) is 3.98. The van der Waals surface area contributed by atoms with Crippen LogP contribution in [0, 0.1) is 11.3 Å². The summed E-state index contributed by atoms with van der Waals surface area (Å²) in [5, 5.41) is 9.09. The summed E-state index contributed by atoms with van der Waals surface area (Å²) in [5.74, 6) is -2.21. The largest absolute Gasteiger partial charge is 0.396 e. The third kappa shape index (κ3) is 2.63. The van der Waals surface area contributed by atoms with Crippen LogP contribution in [0.15, 0.2) is 0 Å². The van der Waals surface area contributed by atoms with E-state index in [0.29, 0.717) is 12.8 Å². The molecule has 0 heterocycles. The van der Waals surface area contributed by atoms with Gasteiger partial charge in [-0.2, -0.15) is 0 Å². The SMILES string of the molecule is CC(C)(CO)C1CCC(F)(F)CC1. The van der Waals surface area contributed by atoms with E-state index >= 15 is 0 Å². The first-order valence-corrected chi connectivity index (χ1v) is 4.86. The van der Waals surface area contributed by atoms with Gasteiger partial charge in [0.2, 0.25) is 5.92 Å². The zero-order valence-electron chi connectivity index (χ0n) is 8.32. The van der Waals surface area contributed by atoms with Crippen molar-refractivity contribution in [2.45, 2.75) is 45.5 Å². The van der Waals surface area contributed by atoms with Crippen LogP contribution in [0.25, 0.3) is 0 Å². The van der Waals surface area contributed by atoms with Gasteiger partial charge in [-0.3, -0.25) is 0 Å². The van der Waals surface area contributed by atoms with Crippen LogP contribution in [0.4, 0.5) is 8.78 Å². The van der Waals surface area contributed by atoms with Gasteiger partial charge in [-0.15, -0.1) is 0 Å². The highest BCUT2D eigenvalue weighted by atomic mass is 19.3. The van der Waals surface area contributed by atoms with Gasteiger partial charge < -0.3 is 5.11 Å². The van der Waals surface area contributed by atoms with Gasteiger partial charge in [0.1, 0.15) is 0 Å². The van der Waals surface area contributed by atoms with E-state index in [9.17, 15) is 8.78 Å². The predicted molar refractivity (Wildman–Crippen MR) is 47.8 cm³/mol. The van der Waals surface area contributed by atoms with Crippen LogP contribution < -0.4 is 0 Å². The average molecular weight is 192 g/mol.